The first-order chi connectivity index (χ1) is 13.5. The van der Waals surface area contributed by atoms with Crippen molar-refractivity contribution in [2.24, 2.45) is 0 Å². The van der Waals surface area contributed by atoms with Crippen LogP contribution in [0.2, 0.25) is 0 Å². The van der Waals surface area contributed by atoms with Crippen molar-refractivity contribution in [3.63, 3.8) is 0 Å². The third-order valence-electron chi connectivity index (χ3n) is 3.92. The first-order valence-electron chi connectivity index (χ1n) is 8.37. The third-order valence-corrected chi connectivity index (χ3v) is 5.86. The molecule has 2 N–H and O–H groups in total. The van der Waals surface area contributed by atoms with Gasteiger partial charge in [0.25, 0.3) is 0 Å². The molecule has 8 heteroatoms. The molecule has 0 aliphatic rings. The number of rotatable bonds is 7. The average Bonchev–Trinajstić information content (AvgIpc) is 2.72. The Morgan fingerprint density at radius 3 is 2.32 bits per heavy atom. The maximum absolute atomic E-state index is 13.0. The molecule has 7 nitrogen and oxygen atoms in total. The van der Waals surface area contributed by atoms with E-state index >= 15 is 0 Å². The number of nitrogens with one attached hydrogen (secondary N) is 1. The molecular weight excluding hydrogens is 380 g/mol. The molecule has 1 atom stereocenters. The first-order valence-corrected chi connectivity index (χ1v) is 9.91. The van der Waals surface area contributed by atoms with E-state index in [0.717, 1.165) is 5.56 Å². The number of sulfone groups is 1. The van der Waals surface area contributed by atoms with Crippen molar-refractivity contribution in [2.45, 2.75) is 16.9 Å². The Labute approximate surface area is 162 Å². The highest BCUT2D eigenvalue weighted by Gasteiger charge is 2.31. The largest absolute Gasteiger partial charge is 0.487 e. The van der Waals surface area contributed by atoms with Gasteiger partial charge in [0.05, 0.1) is 11.1 Å². The first kappa shape index (κ1) is 19.4. The predicted octanol–water partition coefficient (Wildman–Crippen LogP) is 3.40. The second kappa shape index (κ2) is 8.53. The topological polar surface area (TPSA) is 106 Å². The van der Waals surface area contributed by atoms with Crippen LogP contribution in [0.25, 0.3) is 0 Å². The number of ether oxygens (including phenoxy) is 1. The highest BCUT2D eigenvalue weighted by atomic mass is 32.2. The molecule has 1 heterocycles. The van der Waals surface area contributed by atoms with Gasteiger partial charge in [-0.05, 0) is 23.8 Å². The molecule has 2 aromatic carbocycles. The number of hydrogen-bond acceptors (Lipinski definition) is 5. The molecule has 0 aliphatic carbocycles. The van der Waals surface area contributed by atoms with Crippen LogP contribution in [-0.2, 0) is 16.4 Å². The Morgan fingerprint density at radius 2 is 1.68 bits per heavy atom. The van der Waals surface area contributed by atoms with Gasteiger partial charge in [-0.15, -0.1) is 0 Å². The summed E-state index contributed by atoms with van der Waals surface area (Å²) in [6, 6.07) is 18.6. The second-order valence-electron chi connectivity index (χ2n) is 5.92. The van der Waals surface area contributed by atoms with E-state index in [1.54, 1.807) is 18.2 Å². The van der Waals surface area contributed by atoms with Crippen LogP contribution in [0, 0.1) is 0 Å². The minimum absolute atomic E-state index is 0.00403. The van der Waals surface area contributed by atoms with Crippen molar-refractivity contribution in [3.05, 3.63) is 90.3 Å². The molecule has 0 aliphatic heterocycles. The molecule has 0 saturated heterocycles. The molecule has 144 valence electrons. The van der Waals surface area contributed by atoms with Crippen LogP contribution < -0.4 is 10.1 Å². The SMILES string of the molecule is O=C(O)NC(c1cncc(OCc2ccccc2)c1)S(=O)(=O)c1ccccc1. The molecule has 1 aromatic heterocycles. The standard InChI is InChI=1S/C20H18N2O5S/c23-20(24)22-19(28(25,26)18-9-5-2-6-10-18)16-11-17(13-21-12-16)27-14-15-7-3-1-4-8-15/h1-13,19,22H,14H2,(H,23,24). The van der Waals surface area contributed by atoms with Crippen LogP contribution in [0.4, 0.5) is 4.79 Å². The summed E-state index contributed by atoms with van der Waals surface area (Å²) < 4.78 is 31.6. The highest BCUT2D eigenvalue weighted by Crippen LogP contribution is 2.28. The van der Waals surface area contributed by atoms with Crippen molar-refractivity contribution in [2.75, 3.05) is 0 Å². The monoisotopic (exact) mass is 398 g/mol. The fourth-order valence-electron chi connectivity index (χ4n) is 2.60. The van der Waals surface area contributed by atoms with Crippen molar-refractivity contribution in [1.29, 1.82) is 0 Å². The minimum Gasteiger partial charge on any atom is -0.487 e. The molecule has 3 aromatic rings. The van der Waals surface area contributed by atoms with E-state index in [-0.39, 0.29) is 17.1 Å². The Kier molecular flexibility index (Phi) is 5.90. The Balaban J connectivity index is 1.90. The fourth-order valence-corrected chi connectivity index (χ4v) is 4.15. The summed E-state index contributed by atoms with van der Waals surface area (Å²) in [4.78, 5) is 15.2. The summed E-state index contributed by atoms with van der Waals surface area (Å²) in [5.41, 5.74) is 1.10. The van der Waals surface area contributed by atoms with Gasteiger partial charge >= 0.3 is 6.09 Å². The zero-order valence-corrected chi connectivity index (χ0v) is 15.5. The number of aromatic nitrogens is 1. The highest BCUT2D eigenvalue weighted by molar-refractivity contribution is 7.91. The summed E-state index contributed by atoms with van der Waals surface area (Å²) in [5, 5.41) is 9.70. The van der Waals surface area contributed by atoms with E-state index < -0.39 is 21.3 Å². The van der Waals surface area contributed by atoms with Crippen LogP contribution >= 0.6 is 0 Å². The lowest BCUT2D eigenvalue weighted by Crippen LogP contribution is -2.33. The summed E-state index contributed by atoms with van der Waals surface area (Å²) in [6.45, 7) is 0.272. The Hall–Kier alpha value is -3.39. The average molecular weight is 398 g/mol. The van der Waals surface area contributed by atoms with E-state index in [1.165, 1.54) is 30.6 Å². The molecule has 0 saturated carbocycles. The van der Waals surface area contributed by atoms with Crippen LogP contribution in [0.15, 0.2) is 84.0 Å². The number of nitrogens with zero attached hydrogens (tertiary/aromatic N) is 1. The molecule has 0 bridgehead atoms. The maximum atomic E-state index is 13.0. The van der Waals surface area contributed by atoms with Crippen LogP contribution in [-0.4, -0.2) is 24.6 Å². The summed E-state index contributed by atoms with van der Waals surface area (Å²) in [7, 11) is -4.02. The zero-order valence-electron chi connectivity index (χ0n) is 14.7. The number of hydrogen-bond donors (Lipinski definition) is 2. The molecule has 3 rings (SSSR count). The van der Waals surface area contributed by atoms with E-state index in [2.05, 4.69) is 10.3 Å². The molecule has 1 unspecified atom stereocenters. The summed E-state index contributed by atoms with van der Waals surface area (Å²) in [6.07, 6.45) is 1.29. The van der Waals surface area contributed by atoms with E-state index in [4.69, 9.17) is 9.84 Å². The van der Waals surface area contributed by atoms with Crippen LogP contribution in [0.5, 0.6) is 5.75 Å². The zero-order chi connectivity index (χ0) is 20.0. The summed E-state index contributed by atoms with van der Waals surface area (Å²) >= 11 is 0. The van der Waals surface area contributed by atoms with Crippen molar-refractivity contribution in [1.82, 2.24) is 10.3 Å². The number of carbonyl (C=O) groups is 1. The molecule has 28 heavy (non-hydrogen) atoms. The van der Waals surface area contributed by atoms with Crippen LogP contribution in [0.1, 0.15) is 16.5 Å². The normalized spacial score (nSPS) is 12.1. The fraction of sp³-hybridized carbons (Fsp3) is 0.100. The van der Waals surface area contributed by atoms with E-state index in [1.807, 2.05) is 30.3 Å². The van der Waals surface area contributed by atoms with Crippen molar-refractivity contribution < 1.29 is 23.1 Å². The van der Waals surface area contributed by atoms with Gasteiger partial charge in [0.2, 0.25) is 9.84 Å². The quantitative estimate of drug-likeness (QED) is 0.632. The van der Waals surface area contributed by atoms with Gasteiger partial charge in [-0.2, -0.15) is 0 Å². The molecule has 0 spiro atoms. The van der Waals surface area contributed by atoms with Gasteiger partial charge in [0.15, 0.2) is 5.37 Å². The van der Waals surface area contributed by atoms with Gasteiger partial charge in [-0.3, -0.25) is 4.98 Å². The van der Waals surface area contributed by atoms with Crippen LogP contribution in [0.3, 0.4) is 0 Å². The predicted molar refractivity (Wildman–Crippen MR) is 103 cm³/mol. The Bertz CT molecular complexity index is 1040. The lowest BCUT2D eigenvalue weighted by atomic mass is 10.2. The lowest BCUT2D eigenvalue weighted by Gasteiger charge is -2.18. The Morgan fingerprint density at radius 1 is 1.04 bits per heavy atom. The minimum atomic E-state index is -4.02. The lowest BCUT2D eigenvalue weighted by molar-refractivity contribution is 0.193. The second-order valence-corrected chi connectivity index (χ2v) is 7.95. The van der Waals surface area contributed by atoms with Gasteiger partial charge < -0.3 is 15.2 Å². The smallest absolute Gasteiger partial charge is 0.405 e. The van der Waals surface area contributed by atoms with E-state index in [9.17, 15) is 13.2 Å². The van der Waals surface area contributed by atoms with Crippen molar-refractivity contribution >= 4 is 15.9 Å². The molecule has 1 amide bonds. The van der Waals surface area contributed by atoms with E-state index in [0.29, 0.717) is 5.75 Å². The van der Waals surface area contributed by atoms with Gasteiger partial charge in [0.1, 0.15) is 12.4 Å². The van der Waals surface area contributed by atoms with Crippen molar-refractivity contribution in [3.8, 4) is 5.75 Å². The third kappa shape index (κ3) is 4.66. The number of amides is 1. The van der Waals surface area contributed by atoms with Gasteiger partial charge in [-0.1, -0.05) is 48.5 Å². The number of benzene rings is 2. The number of carboxylic acid groups (broad SMARTS) is 1. The molecule has 0 fully saturated rings. The maximum Gasteiger partial charge on any atom is 0.405 e. The van der Waals surface area contributed by atoms with Gasteiger partial charge in [-0.25, -0.2) is 13.2 Å². The molecule has 0 radical (unpaired) electrons. The number of pyridine rings is 1. The summed E-state index contributed by atoms with van der Waals surface area (Å²) in [5.74, 6) is 0.335. The molecular formula is C20H18N2O5S. The van der Waals surface area contributed by atoms with Gasteiger partial charge in [0, 0.05) is 11.8 Å².